The molecule has 0 bridgehead atoms. The molecule has 1 heterocycles. The van der Waals surface area contributed by atoms with E-state index in [0.717, 1.165) is 0 Å². The van der Waals surface area contributed by atoms with Gasteiger partial charge in [-0.15, -0.1) is 0 Å². The molecule has 2 aromatic rings. The minimum absolute atomic E-state index is 0.00498. The molecule has 1 aromatic heterocycles. The molecule has 0 spiro atoms. The Morgan fingerprint density at radius 1 is 1.41 bits per heavy atom. The van der Waals surface area contributed by atoms with Crippen LogP contribution in [0.5, 0.6) is 0 Å². The third-order valence-corrected chi connectivity index (χ3v) is 2.28. The van der Waals surface area contributed by atoms with Crippen molar-refractivity contribution in [3.05, 3.63) is 33.6 Å². The molecule has 0 unspecified atom stereocenters. The second kappa shape index (κ2) is 3.44. The number of fused-ring (bicyclic) bond motifs is 1. The smallest absolute Gasteiger partial charge is 0.334 e. The third-order valence-electron chi connectivity index (χ3n) is 2.28. The Hall–Kier alpha value is -2.12. The van der Waals surface area contributed by atoms with Gasteiger partial charge in [0.1, 0.15) is 0 Å². The largest absolute Gasteiger partial charge is 0.449 e. The van der Waals surface area contributed by atoms with E-state index in [0.29, 0.717) is 0 Å². The summed E-state index contributed by atoms with van der Waals surface area (Å²) in [6, 6.07) is 2.71. The molecule has 90 valence electrons. The number of benzene rings is 1. The van der Waals surface area contributed by atoms with Gasteiger partial charge in [-0.2, -0.15) is 13.2 Å². The van der Waals surface area contributed by atoms with Crippen LogP contribution in [0.25, 0.3) is 11.0 Å². The zero-order chi connectivity index (χ0) is 12.8. The van der Waals surface area contributed by atoms with E-state index in [4.69, 9.17) is 0 Å². The number of halogens is 3. The van der Waals surface area contributed by atoms with E-state index < -0.39 is 22.6 Å². The Bertz CT molecular complexity index is 603. The van der Waals surface area contributed by atoms with Crippen molar-refractivity contribution in [1.29, 1.82) is 0 Å². The number of aromatic nitrogens is 2. The number of alkyl halides is 3. The number of rotatable bonds is 1. The number of hydrogen-bond donors (Lipinski definition) is 1. The molecule has 8 heteroatoms. The fourth-order valence-corrected chi connectivity index (χ4v) is 1.53. The molecule has 0 aliphatic carbocycles. The molecule has 1 aromatic carbocycles. The highest BCUT2D eigenvalue weighted by atomic mass is 19.4. The zero-order valence-electron chi connectivity index (χ0n) is 8.50. The summed E-state index contributed by atoms with van der Waals surface area (Å²) in [7, 11) is 0. The first-order valence-electron chi connectivity index (χ1n) is 4.51. The third kappa shape index (κ3) is 1.81. The van der Waals surface area contributed by atoms with E-state index in [1.54, 1.807) is 0 Å². The number of aryl methyl sites for hydroxylation is 1. The Morgan fingerprint density at radius 2 is 2.06 bits per heavy atom. The van der Waals surface area contributed by atoms with Crippen LogP contribution < -0.4 is 0 Å². The second-order valence-corrected chi connectivity index (χ2v) is 3.47. The Balaban J connectivity index is 2.78. The van der Waals surface area contributed by atoms with E-state index in [1.165, 1.54) is 19.1 Å². The molecule has 0 fully saturated rings. The van der Waals surface area contributed by atoms with Crippen LogP contribution in [-0.4, -0.2) is 14.9 Å². The van der Waals surface area contributed by atoms with Gasteiger partial charge in [0.2, 0.25) is 5.82 Å². The molecular formula is C9H6F3N3O2. The standard InChI is InChI=1S/C9H6F3N3O2/c1-4-2-3-5-6(7(4)15(16)17)14-8(13-5)9(10,11)12/h2-3H,1H3,(H,13,14). The minimum Gasteiger partial charge on any atom is -0.334 e. The summed E-state index contributed by atoms with van der Waals surface area (Å²) in [6.07, 6.45) is -4.65. The highest BCUT2D eigenvalue weighted by molar-refractivity contribution is 5.86. The first-order valence-corrected chi connectivity index (χ1v) is 4.51. The highest BCUT2D eigenvalue weighted by Crippen LogP contribution is 2.32. The van der Waals surface area contributed by atoms with Gasteiger partial charge in [0.15, 0.2) is 5.52 Å². The van der Waals surface area contributed by atoms with E-state index in [2.05, 4.69) is 4.98 Å². The molecule has 0 saturated heterocycles. The molecule has 5 nitrogen and oxygen atoms in total. The van der Waals surface area contributed by atoms with Crippen LogP contribution >= 0.6 is 0 Å². The summed E-state index contributed by atoms with van der Waals surface area (Å²) < 4.78 is 37.2. The van der Waals surface area contributed by atoms with Crippen molar-refractivity contribution in [1.82, 2.24) is 9.97 Å². The average molecular weight is 245 g/mol. The number of H-pyrrole nitrogens is 1. The van der Waals surface area contributed by atoms with Crippen molar-refractivity contribution in [2.24, 2.45) is 0 Å². The van der Waals surface area contributed by atoms with Crippen molar-refractivity contribution in [3.63, 3.8) is 0 Å². The molecule has 0 saturated carbocycles. The zero-order valence-corrected chi connectivity index (χ0v) is 8.50. The first kappa shape index (κ1) is 11.4. The highest BCUT2D eigenvalue weighted by Gasteiger charge is 2.36. The SMILES string of the molecule is Cc1ccc2[nH]c(C(F)(F)F)nc2c1[N+](=O)[O-]. The van der Waals surface area contributed by atoms with Crippen LogP contribution in [0.3, 0.4) is 0 Å². The van der Waals surface area contributed by atoms with Gasteiger partial charge < -0.3 is 4.98 Å². The maximum Gasteiger partial charge on any atom is 0.449 e. The molecule has 2 rings (SSSR count). The summed E-state index contributed by atoms with van der Waals surface area (Å²) >= 11 is 0. The predicted molar refractivity (Wildman–Crippen MR) is 52.5 cm³/mol. The van der Waals surface area contributed by atoms with Crippen molar-refractivity contribution in [2.45, 2.75) is 13.1 Å². The summed E-state index contributed by atoms with van der Waals surface area (Å²) in [6.45, 7) is 1.44. The Labute approximate surface area is 92.4 Å². The van der Waals surface area contributed by atoms with Crippen LogP contribution in [0.2, 0.25) is 0 Å². The maximum absolute atomic E-state index is 12.4. The molecule has 0 radical (unpaired) electrons. The van der Waals surface area contributed by atoms with Gasteiger partial charge in [-0.3, -0.25) is 10.1 Å². The van der Waals surface area contributed by atoms with Crippen molar-refractivity contribution >= 4 is 16.7 Å². The molecule has 0 aliphatic heterocycles. The maximum atomic E-state index is 12.4. The fraction of sp³-hybridized carbons (Fsp3) is 0.222. The van der Waals surface area contributed by atoms with Gasteiger partial charge in [0, 0.05) is 5.56 Å². The quantitative estimate of drug-likeness (QED) is 0.620. The van der Waals surface area contributed by atoms with Gasteiger partial charge in [0.25, 0.3) is 5.69 Å². The summed E-state index contributed by atoms with van der Waals surface area (Å²) in [4.78, 5) is 15.3. The van der Waals surface area contributed by atoms with E-state index in [-0.39, 0.29) is 16.6 Å². The lowest BCUT2D eigenvalue weighted by Gasteiger charge is -1.98. The second-order valence-electron chi connectivity index (χ2n) is 3.47. The molecule has 1 N–H and O–H groups in total. The van der Waals surface area contributed by atoms with Crippen LogP contribution in [0.15, 0.2) is 12.1 Å². The van der Waals surface area contributed by atoms with Gasteiger partial charge in [-0.25, -0.2) is 4.98 Å². The number of nitrogens with one attached hydrogen (secondary N) is 1. The average Bonchev–Trinajstić information content (AvgIpc) is 2.59. The number of nitrogens with zero attached hydrogens (tertiary/aromatic N) is 2. The minimum atomic E-state index is -4.65. The van der Waals surface area contributed by atoms with Crippen LogP contribution in [0.4, 0.5) is 18.9 Å². The lowest BCUT2D eigenvalue weighted by atomic mass is 10.2. The Morgan fingerprint density at radius 3 is 2.59 bits per heavy atom. The van der Waals surface area contributed by atoms with Gasteiger partial charge in [-0.1, -0.05) is 6.07 Å². The number of nitro groups is 1. The topological polar surface area (TPSA) is 71.8 Å². The number of imidazole rings is 1. The lowest BCUT2D eigenvalue weighted by Crippen LogP contribution is -2.06. The first-order chi connectivity index (χ1) is 7.80. The summed E-state index contributed by atoms with van der Waals surface area (Å²) in [5, 5.41) is 10.8. The summed E-state index contributed by atoms with van der Waals surface area (Å²) in [5.41, 5.74) is -0.422. The van der Waals surface area contributed by atoms with Crippen molar-refractivity contribution in [2.75, 3.05) is 0 Å². The Kier molecular flexibility index (Phi) is 2.30. The lowest BCUT2D eigenvalue weighted by molar-refractivity contribution is -0.383. The van der Waals surface area contributed by atoms with E-state index >= 15 is 0 Å². The predicted octanol–water partition coefficient (Wildman–Crippen LogP) is 2.80. The number of aromatic amines is 1. The molecule has 0 aliphatic rings. The van der Waals surface area contributed by atoms with Crippen molar-refractivity contribution in [3.8, 4) is 0 Å². The van der Waals surface area contributed by atoms with Gasteiger partial charge >= 0.3 is 6.18 Å². The van der Waals surface area contributed by atoms with Crippen molar-refractivity contribution < 1.29 is 18.1 Å². The van der Waals surface area contributed by atoms with Crippen LogP contribution in [0, 0.1) is 17.0 Å². The van der Waals surface area contributed by atoms with Crippen LogP contribution in [-0.2, 0) is 6.18 Å². The molecule has 0 amide bonds. The number of hydrogen-bond acceptors (Lipinski definition) is 3. The number of nitro benzene ring substituents is 1. The molecule has 0 atom stereocenters. The van der Waals surface area contributed by atoms with Gasteiger partial charge in [-0.05, 0) is 13.0 Å². The van der Waals surface area contributed by atoms with Gasteiger partial charge in [0.05, 0.1) is 10.4 Å². The monoisotopic (exact) mass is 245 g/mol. The molecule has 17 heavy (non-hydrogen) atoms. The summed E-state index contributed by atoms with van der Waals surface area (Å²) in [5.74, 6) is -1.23. The normalized spacial score (nSPS) is 12.0. The van der Waals surface area contributed by atoms with E-state index in [9.17, 15) is 23.3 Å². The molecular weight excluding hydrogens is 239 g/mol. The fourth-order valence-electron chi connectivity index (χ4n) is 1.53. The van der Waals surface area contributed by atoms with E-state index in [1.807, 2.05) is 4.98 Å². The van der Waals surface area contributed by atoms with Crippen LogP contribution in [0.1, 0.15) is 11.4 Å².